The molecular weight excluding hydrogens is 360 g/mol. The van der Waals surface area contributed by atoms with Crippen molar-refractivity contribution in [1.29, 1.82) is 0 Å². The van der Waals surface area contributed by atoms with Crippen molar-refractivity contribution in [1.82, 2.24) is 15.3 Å². The van der Waals surface area contributed by atoms with Crippen molar-refractivity contribution in [3.8, 4) is 11.3 Å². The maximum Gasteiger partial charge on any atom is 0.225 e. The third-order valence-electron chi connectivity index (χ3n) is 5.83. The van der Waals surface area contributed by atoms with E-state index in [1.165, 1.54) is 0 Å². The lowest BCUT2D eigenvalue weighted by molar-refractivity contribution is -0.130. The Kier molecular flexibility index (Phi) is 5.30. The van der Waals surface area contributed by atoms with Crippen LogP contribution in [0.2, 0.25) is 0 Å². The van der Waals surface area contributed by atoms with Gasteiger partial charge in [-0.3, -0.25) is 4.79 Å². The van der Waals surface area contributed by atoms with Gasteiger partial charge in [0.2, 0.25) is 11.9 Å². The molecule has 2 aromatic rings. The van der Waals surface area contributed by atoms with Crippen LogP contribution in [0.4, 0.5) is 5.95 Å². The second-order valence-electron chi connectivity index (χ2n) is 7.69. The number of rotatable bonds is 4. The highest BCUT2D eigenvalue weighted by Crippen LogP contribution is 2.36. The van der Waals surface area contributed by atoms with E-state index in [0.29, 0.717) is 11.9 Å². The molecule has 0 spiro atoms. The van der Waals surface area contributed by atoms with Gasteiger partial charge in [-0.1, -0.05) is 30.3 Å². The zero-order chi connectivity index (χ0) is 18.8. The lowest BCUT2D eigenvalue weighted by Crippen LogP contribution is -2.55. The number of nitrogens with zero attached hydrogens (tertiary/aromatic N) is 2. The van der Waals surface area contributed by atoms with Crippen LogP contribution in [0.1, 0.15) is 32.6 Å². The molecule has 0 radical (unpaired) electrons. The van der Waals surface area contributed by atoms with Crippen LogP contribution in [0, 0.1) is 11.8 Å². The van der Waals surface area contributed by atoms with Crippen LogP contribution < -0.4 is 10.6 Å². The highest BCUT2D eigenvalue weighted by molar-refractivity contribution is 6.20. The number of hydrogen-bond donors (Lipinski definition) is 2. The van der Waals surface area contributed by atoms with Crippen LogP contribution in [0.25, 0.3) is 11.3 Å². The van der Waals surface area contributed by atoms with Crippen LogP contribution in [0.5, 0.6) is 0 Å². The van der Waals surface area contributed by atoms with E-state index >= 15 is 0 Å². The highest BCUT2D eigenvalue weighted by atomic mass is 35.5. The topological polar surface area (TPSA) is 66.9 Å². The van der Waals surface area contributed by atoms with Gasteiger partial charge in [-0.15, -0.1) is 11.6 Å². The van der Waals surface area contributed by atoms with Gasteiger partial charge in [0, 0.05) is 29.2 Å². The molecule has 142 valence electrons. The summed E-state index contributed by atoms with van der Waals surface area (Å²) >= 11 is 6.36. The van der Waals surface area contributed by atoms with Crippen LogP contribution in [0.15, 0.2) is 42.6 Å². The van der Waals surface area contributed by atoms with Crippen molar-refractivity contribution in [3.05, 3.63) is 42.6 Å². The molecule has 1 aromatic heterocycles. The number of benzene rings is 1. The first-order chi connectivity index (χ1) is 13.1. The third kappa shape index (κ3) is 4.08. The number of amides is 1. The van der Waals surface area contributed by atoms with Crippen LogP contribution >= 0.6 is 11.6 Å². The molecule has 4 unspecified atom stereocenters. The molecule has 2 N–H and O–H groups in total. The van der Waals surface area contributed by atoms with Crippen LogP contribution in [-0.2, 0) is 4.79 Å². The summed E-state index contributed by atoms with van der Waals surface area (Å²) in [5.74, 6) is 1.04. The summed E-state index contributed by atoms with van der Waals surface area (Å²) in [7, 11) is 0. The van der Waals surface area contributed by atoms with Crippen molar-refractivity contribution in [2.24, 2.45) is 11.8 Å². The van der Waals surface area contributed by atoms with Crippen molar-refractivity contribution < 1.29 is 4.79 Å². The first-order valence-electron chi connectivity index (χ1n) is 9.69. The number of carbonyl (C=O) groups excluding carboxylic acids is 1. The Hall–Kier alpha value is -2.14. The summed E-state index contributed by atoms with van der Waals surface area (Å²) in [6.07, 6.45) is 5.57. The number of aromatic nitrogens is 2. The Bertz CT molecular complexity index is 800. The van der Waals surface area contributed by atoms with E-state index in [1.54, 1.807) is 6.20 Å². The molecule has 5 atom stereocenters. The SMILES string of the molecule is C[C@H](Nc1nccc(-c2ccccc2)n1)C1CC2CC(Cl)CCC2NC1=O. The number of hydrogen-bond acceptors (Lipinski definition) is 4. The number of fused-ring (bicyclic) bond motifs is 1. The largest absolute Gasteiger partial charge is 0.353 e. The van der Waals surface area contributed by atoms with E-state index in [9.17, 15) is 4.79 Å². The van der Waals surface area contributed by atoms with Gasteiger partial charge in [-0.25, -0.2) is 9.97 Å². The maximum atomic E-state index is 12.6. The molecule has 1 saturated heterocycles. The third-order valence-corrected chi connectivity index (χ3v) is 6.22. The first kappa shape index (κ1) is 18.2. The Morgan fingerprint density at radius 2 is 2.00 bits per heavy atom. The molecule has 27 heavy (non-hydrogen) atoms. The van der Waals surface area contributed by atoms with E-state index in [0.717, 1.165) is 36.9 Å². The monoisotopic (exact) mass is 384 g/mol. The van der Waals surface area contributed by atoms with Gasteiger partial charge in [0.05, 0.1) is 11.6 Å². The quantitative estimate of drug-likeness (QED) is 0.785. The predicted molar refractivity (Wildman–Crippen MR) is 108 cm³/mol. The Morgan fingerprint density at radius 1 is 1.19 bits per heavy atom. The fourth-order valence-electron chi connectivity index (χ4n) is 4.31. The Balaban J connectivity index is 1.46. The van der Waals surface area contributed by atoms with Gasteiger partial charge in [0.25, 0.3) is 0 Å². The standard InChI is InChI=1S/C21H25ClN4O/c1-13(17-12-15-11-16(22)7-8-18(15)25-20(17)27)24-21-23-10-9-19(26-21)14-5-3-2-4-6-14/h2-6,9-10,13,15-18H,7-8,11-12H2,1H3,(H,25,27)(H,23,24,26)/t13-,15?,16?,17?,18?/m0/s1. The lowest BCUT2D eigenvalue weighted by Gasteiger charge is -2.42. The molecule has 2 heterocycles. The van der Waals surface area contributed by atoms with Crippen molar-refractivity contribution in [2.45, 2.75) is 50.1 Å². The summed E-state index contributed by atoms with van der Waals surface area (Å²) in [4.78, 5) is 21.6. The van der Waals surface area contributed by atoms with Crippen LogP contribution in [-0.4, -0.2) is 33.3 Å². The molecule has 6 heteroatoms. The molecule has 1 amide bonds. The molecule has 1 aromatic carbocycles. The van der Waals surface area contributed by atoms with Gasteiger partial charge in [-0.05, 0) is 44.6 Å². The number of nitrogens with one attached hydrogen (secondary N) is 2. The van der Waals surface area contributed by atoms with Gasteiger partial charge in [-0.2, -0.15) is 0 Å². The number of alkyl halides is 1. The van der Waals surface area contributed by atoms with Crippen molar-refractivity contribution in [2.75, 3.05) is 5.32 Å². The summed E-state index contributed by atoms with van der Waals surface area (Å²) in [5.41, 5.74) is 1.91. The van der Waals surface area contributed by atoms with Gasteiger partial charge < -0.3 is 10.6 Å². The maximum absolute atomic E-state index is 12.6. The molecule has 0 bridgehead atoms. The van der Waals surface area contributed by atoms with Crippen LogP contribution in [0.3, 0.4) is 0 Å². The average Bonchev–Trinajstić information content (AvgIpc) is 2.68. The second-order valence-corrected chi connectivity index (χ2v) is 8.31. The first-order valence-corrected chi connectivity index (χ1v) is 10.1. The zero-order valence-electron chi connectivity index (χ0n) is 15.4. The number of anilines is 1. The second kappa shape index (κ2) is 7.85. The van der Waals surface area contributed by atoms with Crippen molar-refractivity contribution >= 4 is 23.5 Å². The number of piperidine rings is 1. The summed E-state index contributed by atoms with van der Waals surface area (Å²) < 4.78 is 0. The van der Waals surface area contributed by atoms with E-state index < -0.39 is 0 Å². The summed E-state index contributed by atoms with van der Waals surface area (Å²) in [5, 5.41) is 6.79. The minimum absolute atomic E-state index is 0.0484. The van der Waals surface area contributed by atoms with E-state index in [1.807, 2.05) is 43.3 Å². The molecule has 2 aliphatic rings. The summed E-state index contributed by atoms with van der Waals surface area (Å²) in [6, 6.07) is 12.1. The molecule has 1 saturated carbocycles. The van der Waals surface area contributed by atoms with Gasteiger partial charge >= 0.3 is 0 Å². The summed E-state index contributed by atoms with van der Waals surface area (Å²) in [6.45, 7) is 2.03. The number of halogens is 1. The van der Waals surface area contributed by atoms with Gasteiger partial charge in [0.1, 0.15) is 0 Å². The van der Waals surface area contributed by atoms with Gasteiger partial charge in [0.15, 0.2) is 0 Å². The fourth-order valence-corrected chi connectivity index (χ4v) is 4.67. The molecule has 1 aliphatic heterocycles. The molecule has 4 rings (SSSR count). The molecule has 5 nitrogen and oxygen atoms in total. The minimum Gasteiger partial charge on any atom is -0.353 e. The molecular formula is C21H25ClN4O. The Morgan fingerprint density at radius 3 is 2.81 bits per heavy atom. The number of carbonyl (C=O) groups is 1. The Labute approximate surface area is 164 Å². The van der Waals surface area contributed by atoms with E-state index in [-0.39, 0.29) is 29.3 Å². The fraction of sp³-hybridized carbons (Fsp3) is 0.476. The molecule has 1 aliphatic carbocycles. The lowest BCUT2D eigenvalue weighted by atomic mass is 9.74. The normalized spacial score (nSPS) is 28.7. The van der Waals surface area contributed by atoms with Crippen molar-refractivity contribution in [3.63, 3.8) is 0 Å². The minimum atomic E-state index is -0.0998. The molecule has 2 fully saturated rings. The smallest absolute Gasteiger partial charge is 0.225 e. The highest BCUT2D eigenvalue weighted by Gasteiger charge is 2.41. The predicted octanol–water partition coefficient (Wildman–Crippen LogP) is 3.86. The average molecular weight is 385 g/mol. The zero-order valence-corrected chi connectivity index (χ0v) is 16.2. The van der Waals surface area contributed by atoms with E-state index in [2.05, 4.69) is 20.6 Å². The van der Waals surface area contributed by atoms with E-state index in [4.69, 9.17) is 11.6 Å².